The monoisotopic (exact) mass is 292 g/mol. The van der Waals surface area contributed by atoms with Crippen LogP contribution in [-0.4, -0.2) is 12.2 Å². The Morgan fingerprint density at radius 2 is 2.23 bits per heavy atom. The average molecular weight is 292 g/mol. The number of hydrogen-bond acceptors (Lipinski definition) is 2. The number of rotatable bonds is 3. The molecule has 0 spiro atoms. The molecule has 0 aliphatic rings. The van der Waals surface area contributed by atoms with E-state index in [4.69, 9.17) is 4.74 Å². The SMILES string of the molecule is CCC(O)c1cc(I)ccc1OC. The third-order valence-corrected chi connectivity index (χ3v) is 2.61. The van der Waals surface area contributed by atoms with E-state index in [0.29, 0.717) is 6.42 Å². The molecule has 1 atom stereocenters. The molecule has 1 aromatic rings. The third-order valence-electron chi connectivity index (χ3n) is 1.94. The summed E-state index contributed by atoms with van der Waals surface area (Å²) in [6.45, 7) is 1.95. The van der Waals surface area contributed by atoms with Crippen molar-refractivity contribution < 1.29 is 9.84 Å². The molecule has 0 amide bonds. The number of aliphatic hydroxyl groups is 1. The summed E-state index contributed by atoms with van der Waals surface area (Å²) in [6.07, 6.45) is 0.279. The molecule has 0 fully saturated rings. The zero-order valence-electron chi connectivity index (χ0n) is 7.75. The van der Waals surface area contributed by atoms with Crippen LogP contribution in [0.25, 0.3) is 0 Å². The molecule has 13 heavy (non-hydrogen) atoms. The van der Waals surface area contributed by atoms with Crippen LogP contribution in [0.1, 0.15) is 25.0 Å². The lowest BCUT2D eigenvalue weighted by Gasteiger charge is -2.13. The van der Waals surface area contributed by atoms with Crippen molar-refractivity contribution in [3.63, 3.8) is 0 Å². The maximum atomic E-state index is 9.68. The van der Waals surface area contributed by atoms with E-state index in [1.165, 1.54) is 0 Å². The Balaban J connectivity index is 3.07. The molecule has 0 saturated carbocycles. The number of hydrogen-bond donors (Lipinski definition) is 1. The Hall–Kier alpha value is -0.290. The van der Waals surface area contributed by atoms with Gasteiger partial charge in [0.15, 0.2) is 0 Å². The van der Waals surface area contributed by atoms with Gasteiger partial charge in [0, 0.05) is 9.13 Å². The molecule has 0 aliphatic carbocycles. The number of halogens is 1. The van der Waals surface area contributed by atoms with Crippen LogP contribution >= 0.6 is 22.6 Å². The largest absolute Gasteiger partial charge is 0.496 e. The lowest BCUT2D eigenvalue weighted by molar-refractivity contribution is 0.169. The summed E-state index contributed by atoms with van der Waals surface area (Å²) < 4.78 is 6.27. The molecule has 1 unspecified atom stereocenters. The molecule has 0 radical (unpaired) electrons. The number of benzene rings is 1. The predicted molar refractivity (Wildman–Crippen MR) is 61.0 cm³/mol. The van der Waals surface area contributed by atoms with Gasteiger partial charge in [-0.05, 0) is 47.2 Å². The highest BCUT2D eigenvalue weighted by Crippen LogP contribution is 2.28. The first-order chi connectivity index (χ1) is 6.19. The molecule has 0 aliphatic heterocycles. The topological polar surface area (TPSA) is 29.5 Å². The Bertz CT molecular complexity index is 286. The van der Waals surface area contributed by atoms with Crippen LogP contribution in [0.5, 0.6) is 5.75 Å². The molecule has 0 aromatic heterocycles. The fourth-order valence-electron chi connectivity index (χ4n) is 1.19. The summed E-state index contributed by atoms with van der Waals surface area (Å²) in [5, 5.41) is 9.68. The number of methoxy groups -OCH3 is 1. The van der Waals surface area contributed by atoms with E-state index in [-0.39, 0.29) is 0 Å². The molecule has 1 rings (SSSR count). The quantitative estimate of drug-likeness (QED) is 0.868. The van der Waals surface area contributed by atoms with Crippen molar-refractivity contribution in [2.24, 2.45) is 0 Å². The van der Waals surface area contributed by atoms with Crippen molar-refractivity contribution in [3.8, 4) is 5.75 Å². The van der Waals surface area contributed by atoms with Crippen LogP contribution in [0.15, 0.2) is 18.2 Å². The minimum atomic E-state index is -0.426. The molecular weight excluding hydrogens is 279 g/mol. The van der Waals surface area contributed by atoms with Gasteiger partial charge in [0.05, 0.1) is 13.2 Å². The minimum Gasteiger partial charge on any atom is -0.496 e. The van der Waals surface area contributed by atoms with Gasteiger partial charge in [0.1, 0.15) is 5.75 Å². The fourth-order valence-corrected chi connectivity index (χ4v) is 1.70. The lowest BCUT2D eigenvalue weighted by atomic mass is 10.1. The second-order valence-electron chi connectivity index (χ2n) is 2.81. The smallest absolute Gasteiger partial charge is 0.124 e. The van der Waals surface area contributed by atoms with Gasteiger partial charge in [-0.15, -0.1) is 0 Å². The van der Waals surface area contributed by atoms with E-state index < -0.39 is 6.10 Å². The third kappa shape index (κ3) is 2.57. The Labute approximate surface area is 92.1 Å². The van der Waals surface area contributed by atoms with E-state index in [0.717, 1.165) is 14.9 Å². The molecule has 0 heterocycles. The maximum absolute atomic E-state index is 9.68. The van der Waals surface area contributed by atoms with Crippen molar-refractivity contribution in [1.82, 2.24) is 0 Å². The van der Waals surface area contributed by atoms with E-state index in [9.17, 15) is 5.11 Å². The van der Waals surface area contributed by atoms with Gasteiger partial charge in [-0.3, -0.25) is 0 Å². The van der Waals surface area contributed by atoms with Crippen molar-refractivity contribution in [1.29, 1.82) is 0 Å². The van der Waals surface area contributed by atoms with Crippen molar-refractivity contribution >= 4 is 22.6 Å². The Kier molecular flexibility index (Phi) is 3.99. The van der Waals surface area contributed by atoms with Crippen LogP contribution in [0, 0.1) is 3.57 Å². The first kappa shape index (κ1) is 10.8. The van der Waals surface area contributed by atoms with E-state index in [2.05, 4.69) is 22.6 Å². The standard InChI is InChI=1S/C10H13IO2/c1-3-9(12)8-6-7(11)4-5-10(8)13-2/h4-6,9,12H,3H2,1-2H3. The summed E-state index contributed by atoms with van der Waals surface area (Å²) in [4.78, 5) is 0. The average Bonchev–Trinajstić information content (AvgIpc) is 2.16. The van der Waals surface area contributed by atoms with Crippen LogP contribution in [0.4, 0.5) is 0 Å². The van der Waals surface area contributed by atoms with Gasteiger partial charge in [0.2, 0.25) is 0 Å². The van der Waals surface area contributed by atoms with Gasteiger partial charge < -0.3 is 9.84 Å². The van der Waals surface area contributed by atoms with Crippen LogP contribution in [-0.2, 0) is 0 Å². The normalized spacial score (nSPS) is 12.6. The zero-order chi connectivity index (χ0) is 9.84. The predicted octanol–water partition coefficient (Wildman–Crippen LogP) is 2.74. The number of ether oxygens (including phenoxy) is 1. The minimum absolute atomic E-state index is 0.426. The first-order valence-electron chi connectivity index (χ1n) is 4.20. The van der Waals surface area contributed by atoms with Gasteiger partial charge >= 0.3 is 0 Å². The van der Waals surface area contributed by atoms with Gasteiger partial charge in [-0.1, -0.05) is 6.92 Å². The van der Waals surface area contributed by atoms with Gasteiger partial charge in [-0.2, -0.15) is 0 Å². The van der Waals surface area contributed by atoms with Gasteiger partial charge in [0.25, 0.3) is 0 Å². The van der Waals surface area contributed by atoms with Crippen molar-refractivity contribution in [2.75, 3.05) is 7.11 Å². The molecular formula is C10H13IO2. The second kappa shape index (κ2) is 4.81. The summed E-state index contributed by atoms with van der Waals surface area (Å²) >= 11 is 2.22. The Morgan fingerprint density at radius 3 is 2.77 bits per heavy atom. The number of aliphatic hydroxyl groups excluding tert-OH is 1. The zero-order valence-corrected chi connectivity index (χ0v) is 9.91. The highest BCUT2D eigenvalue weighted by atomic mass is 127. The van der Waals surface area contributed by atoms with Crippen molar-refractivity contribution in [2.45, 2.75) is 19.4 Å². The highest BCUT2D eigenvalue weighted by molar-refractivity contribution is 14.1. The fraction of sp³-hybridized carbons (Fsp3) is 0.400. The summed E-state index contributed by atoms with van der Waals surface area (Å²) in [7, 11) is 1.62. The molecule has 0 saturated heterocycles. The highest BCUT2D eigenvalue weighted by Gasteiger charge is 2.11. The van der Waals surface area contributed by atoms with E-state index in [1.807, 2.05) is 25.1 Å². The second-order valence-corrected chi connectivity index (χ2v) is 4.06. The van der Waals surface area contributed by atoms with Crippen LogP contribution in [0.2, 0.25) is 0 Å². The maximum Gasteiger partial charge on any atom is 0.124 e. The van der Waals surface area contributed by atoms with Crippen LogP contribution in [0.3, 0.4) is 0 Å². The van der Waals surface area contributed by atoms with Crippen molar-refractivity contribution in [3.05, 3.63) is 27.3 Å². The first-order valence-corrected chi connectivity index (χ1v) is 5.28. The molecule has 3 heteroatoms. The summed E-state index contributed by atoms with van der Waals surface area (Å²) in [6, 6.07) is 5.80. The molecule has 1 aromatic carbocycles. The van der Waals surface area contributed by atoms with Gasteiger partial charge in [-0.25, -0.2) is 0 Å². The summed E-state index contributed by atoms with van der Waals surface area (Å²) in [5.41, 5.74) is 0.872. The molecule has 0 bridgehead atoms. The molecule has 1 N–H and O–H groups in total. The lowest BCUT2D eigenvalue weighted by Crippen LogP contribution is -1.99. The summed E-state index contributed by atoms with van der Waals surface area (Å²) in [5.74, 6) is 0.759. The Morgan fingerprint density at radius 1 is 1.54 bits per heavy atom. The van der Waals surface area contributed by atoms with E-state index in [1.54, 1.807) is 7.11 Å². The molecule has 2 nitrogen and oxygen atoms in total. The van der Waals surface area contributed by atoms with Crippen LogP contribution < -0.4 is 4.74 Å². The molecule has 72 valence electrons. The van der Waals surface area contributed by atoms with E-state index >= 15 is 0 Å².